The fourth-order valence-corrected chi connectivity index (χ4v) is 3.77. The monoisotopic (exact) mass is 415 g/mol. The van der Waals surface area contributed by atoms with E-state index in [9.17, 15) is 24.0 Å². The number of imide groups is 1. The number of nitrogens with one attached hydrogen (secondary N) is 2. The minimum absolute atomic E-state index is 0.0548. The van der Waals surface area contributed by atoms with Gasteiger partial charge in [-0.2, -0.15) is 0 Å². The highest BCUT2D eigenvalue weighted by molar-refractivity contribution is 6.05. The molecule has 0 spiro atoms. The van der Waals surface area contributed by atoms with Gasteiger partial charge in [0.05, 0.1) is 12.0 Å². The number of hydrogen-bond acceptors (Lipinski definition) is 6. The number of fused-ring (bicyclic) bond motifs is 1. The van der Waals surface area contributed by atoms with Gasteiger partial charge in [0, 0.05) is 24.1 Å². The molecule has 3 aliphatic rings. The molecule has 158 valence electrons. The van der Waals surface area contributed by atoms with Gasteiger partial charge in [-0.05, 0) is 31.4 Å². The number of carboxylic acid groups (broad SMARTS) is 1. The first kappa shape index (κ1) is 19.9. The summed E-state index contributed by atoms with van der Waals surface area (Å²) in [6.07, 6.45) is 1.49. The van der Waals surface area contributed by atoms with E-state index in [1.165, 1.54) is 4.90 Å². The molecule has 0 aromatic heterocycles. The molecule has 1 aromatic rings. The van der Waals surface area contributed by atoms with Gasteiger partial charge in [0.25, 0.3) is 11.8 Å². The highest BCUT2D eigenvalue weighted by atomic mass is 16.5. The van der Waals surface area contributed by atoms with Crippen LogP contribution in [0, 0.1) is 5.41 Å². The Hall–Kier alpha value is -3.43. The number of aliphatic carboxylic acids is 1. The van der Waals surface area contributed by atoms with Crippen LogP contribution in [-0.4, -0.2) is 58.8 Å². The van der Waals surface area contributed by atoms with Gasteiger partial charge in [-0.15, -0.1) is 0 Å². The summed E-state index contributed by atoms with van der Waals surface area (Å²) in [7, 11) is 0. The maximum Gasteiger partial charge on any atom is 0.311 e. The molecule has 10 nitrogen and oxygen atoms in total. The largest absolute Gasteiger partial charge is 0.483 e. The Morgan fingerprint density at radius 2 is 2.03 bits per heavy atom. The summed E-state index contributed by atoms with van der Waals surface area (Å²) < 4.78 is 5.59. The lowest BCUT2D eigenvalue weighted by Gasteiger charge is -2.29. The van der Waals surface area contributed by atoms with Crippen LogP contribution in [0.4, 0.5) is 0 Å². The van der Waals surface area contributed by atoms with Crippen molar-refractivity contribution in [3.8, 4) is 5.75 Å². The lowest BCUT2D eigenvalue weighted by molar-refractivity contribution is -0.143. The Labute approximate surface area is 171 Å². The molecule has 1 saturated carbocycles. The number of nitrogens with zero attached hydrogens (tertiary/aromatic N) is 1. The number of hydrogen-bond donors (Lipinski definition) is 3. The van der Waals surface area contributed by atoms with E-state index in [1.807, 2.05) is 0 Å². The number of benzene rings is 1. The number of amides is 4. The number of rotatable bonds is 7. The zero-order chi connectivity index (χ0) is 21.5. The first-order chi connectivity index (χ1) is 14.3. The van der Waals surface area contributed by atoms with Crippen molar-refractivity contribution in [1.82, 2.24) is 15.5 Å². The zero-order valence-corrected chi connectivity index (χ0v) is 16.1. The normalized spacial score (nSPS) is 21.7. The molecule has 2 heterocycles. The van der Waals surface area contributed by atoms with Crippen molar-refractivity contribution < 1.29 is 33.8 Å². The van der Waals surface area contributed by atoms with E-state index in [2.05, 4.69) is 10.6 Å². The van der Waals surface area contributed by atoms with Crippen molar-refractivity contribution in [2.24, 2.45) is 5.41 Å². The maximum atomic E-state index is 12.8. The molecular formula is C20H21N3O7. The second-order valence-corrected chi connectivity index (χ2v) is 7.83. The summed E-state index contributed by atoms with van der Waals surface area (Å²) in [4.78, 5) is 60.9. The molecule has 10 heteroatoms. The summed E-state index contributed by atoms with van der Waals surface area (Å²) in [6, 6.07) is 4.15. The summed E-state index contributed by atoms with van der Waals surface area (Å²) >= 11 is 0. The first-order valence-corrected chi connectivity index (χ1v) is 9.70. The van der Waals surface area contributed by atoms with Gasteiger partial charge >= 0.3 is 5.97 Å². The third-order valence-corrected chi connectivity index (χ3v) is 5.83. The number of piperidine rings is 1. The second-order valence-electron chi connectivity index (χ2n) is 7.83. The maximum absolute atomic E-state index is 12.8. The van der Waals surface area contributed by atoms with E-state index in [0.29, 0.717) is 29.7 Å². The van der Waals surface area contributed by atoms with Crippen molar-refractivity contribution in [3.63, 3.8) is 0 Å². The van der Waals surface area contributed by atoms with Gasteiger partial charge in [-0.1, -0.05) is 6.07 Å². The van der Waals surface area contributed by atoms with Crippen LogP contribution in [0.1, 0.15) is 41.6 Å². The van der Waals surface area contributed by atoms with Gasteiger partial charge in [-0.3, -0.25) is 29.3 Å². The molecule has 0 radical (unpaired) electrons. The topological polar surface area (TPSA) is 142 Å². The van der Waals surface area contributed by atoms with Gasteiger partial charge in [0.1, 0.15) is 11.8 Å². The van der Waals surface area contributed by atoms with Crippen LogP contribution in [-0.2, 0) is 25.7 Å². The number of carbonyl (C=O) groups excluding carboxylic acids is 4. The third-order valence-electron chi connectivity index (χ3n) is 5.83. The molecule has 4 rings (SSSR count). The Balaban J connectivity index is 1.39. The van der Waals surface area contributed by atoms with Crippen molar-refractivity contribution >= 4 is 29.6 Å². The van der Waals surface area contributed by atoms with Gasteiger partial charge < -0.3 is 20.1 Å². The average Bonchev–Trinajstić information content (AvgIpc) is 3.44. The average molecular weight is 415 g/mol. The Kier molecular flexibility index (Phi) is 4.92. The van der Waals surface area contributed by atoms with Crippen LogP contribution < -0.4 is 15.4 Å². The fraction of sp³-hybridized carbons (Fsp3) is 0.450. The van der Waals surface area contributed by atoms with Gasteiger partial charge in [0.2, 0.25) is 11.8 Å². The van der Waals surface area contributed by atoms with Crippen LogP contribution in [0.5, 0.6) is 5.75 Å². The molecule has 30 heavy (non-hydrogen) atoms. The molecule has 0 bridgehead atoms. The van der Waals surface area contributed by atoms with E-state index in [-0.39, 0.29) is 44.4 Å². The molecule has 2 aliphatic heterocycles. The van der Waals surface area contributed by atoms with E-state index in [0.717, 1.165) is 0 Å². The summed E-state index contributed by atoms with van der Waals surface area (Å²) in [5, 5.41) is 14.0. The van der Waals surface area contributed by atoms with Crippen molar-refractivity contribution in [2.45, 2.75) is 38.3 Å². The Morgan fingerprint density at radius 1 is 1.27 bits per heavy atom. The lowest BCUT2D eigenvalue weighted by Crippen LogP contribution is -2.52. The van der Waals surface area contributed by atoms with Crippen LogP contribution >= 0.6 is 0 Å². The van der Waals surface area contributed by atoms with E-state index >= 15 is 0 Å². The fourth-order valence-electron chi connectivity index (χ4n) is 3.77. The second kappa shape index (κ2) is 7.43. The molecule has 1 aliphatic carbocycles. The Morgan fingerprint density at radius 3 is 2.70 bits per heavy atom. The van der Waals surface area contributed by atoms with E-state index < -0.39 is 29.2 Å². The lowest BCUT2D eigenvalue weighted by atomic mass is 10.0. The standard InChI is InChI=1S/C20H21N3O7/c24-15-5-4-13(17(26)22-15)23-8-12-11(18(23)27)2-1-3-14(12)30-9-16(25)21-10-20(6-7-20)19(28)29/h1-3,13H,4-10H2,(H,21,25)(H,28,29)(H,22,24,26). The predicted octanol–water partition coefficient (Wildman–Crippen LogP) is -0.193. The third kappa shape index (κ3) is 3.60. The van der Waals surface area contributed by atoms with E-state index in [1.54, 1.807) is 18.2 Å². The zero-order valence-electron chi connectivity index (χ0n) is 16.1. The highest BCUT2D eigenvalue weighted by Crippen LogP contribution is 2.45. The Bertz CT molecular complexity index is 954. The van der Waals surface area contributed by atoms with Crippen LogP contribution in [0.2, 0.25) is 0 Å². The molecule has 1 atom stereocenters. The summed E-state index contributed by atoms with van der Waals surface area (Å²) in [5.74, 6) is -2.20. The number of ether oxygens (including phenoxy) is 1. The quantitative estimate of drug-likeness (QED) is 0.524. The van der Waals surface area contributed by atoms with Crippen LogP contribution in [0.25, 0.3) is 0 Å². The summed E-state index contributed by atoms with van der Waals surface area (Å²) in [5.41, 5.74) is 0.100. The smallest absolute Gasteiger partial charge is 0.311 e. The molecule has 3 N–H and O–H groups in total. The molecule has 1 saturated heterocycles. The number of carboxylic acids is 1. The molecule has 4 amide bonds. The number of carbonyl (C=O) groups is 5. The molecule has 1 unspecified atom stereocenters. The molecule has 1 aromatic carbocycles. The minimum atomic E-state index is -0.920. The van der Waals surface area contributed by atoms with Crippen LogP contribution in [0.3, 0.4) is 0 Å². The molecular weight excluding hydrogens is 394 g/mol. The summed E-state index contributed by atoms with van der Waals surface area (Å²) in [6.45, 7) is -0.127. The van der Waals surface area contributed by atoms with Crippen molar-refractivity contribution in [3.05, 3.63) is 29.3 Å². The van der Waals surface area contributed by atoms with E-state index in [4.69, 9.17) is 9.84 Å². The van der Waals surface area contributed by atoms with Crippen molar-refractivity contribution in [1.29, 1.82) is 0 Å². The predicted molar refractivity (Wildman–Crippen MR) is 100 cm³/mol. The SMILES string of the molecule is O=C(COc1cccc2c1CN(C1CCC(=O)NC1=O)C2=O)NCC1(C(=O)O)CC1. The van der Waals surface area contributed by atoms with Crippen molar-refractivity contribution in [2.75, 3.05) is 13.2 Å². The highest BCUT2D eigenvalue weighted by Gasteiger charge is 2.50. The van der Waals surface area contributed by atoms with Crippen LogP contribution in [0.15, 0.2) is 18.2 Å². The molecule has 2 fully saturated rings. The van der Waals surface area contributed by atoms with Gasteiger partial charge in [0.15, 0.2) is 6.61 Å². The first-order valence-electron chi connectivity index (χ1n) is 9.70. The minimum Gasteiger partial charge on any atom is -0.483 e. The van der Waals surface area contributed by atoms with Gasteiger partial charge in [-0.25, -0.2) is 0 Å².